The molecule has 0 spiro atoms. The fraction of sp³-hybridized carbons (Fsp3) is 0.0625. The van der Waals surface area contributed by atoms with Crippen molar-refractivity contribution in [2.24, 2.45) is 0 Å². The number of hydrogen-bond acceptors (Lipinski definition) is 3. The van der Waals surface area contributed by atoms with Crippen LogP contribution in [0, 0.1) is 6.92 Å². The van der Waals surface area contributed by atoms with Gasteiger partial charge in [0.05, 0.1) is 11.0 Å². The molecule has 3 rings (SSSR count). The zero-order chi connectivity index (χ0) is 15.0. The van der Waals surface area contributed by atoms with E-state index in [1.165, 1.54) is 0 Å². The minimum atomic E-state index is -0.734. The molecule has 0 saturated heterocycles. The van der Waals surface area contributed by atoms with Crippen molar-refractivity contribution in [1.82, 2.24) is 9.97 Å². The highest BCUT2D eigenvalue weighted by Crippen LogP contribution is 2.14. The minimum absolute atomic E-state index is 0.135. The number of carbonyl (C=O) groups is 1. The van der Waals surface area contributed by atoms with Gasteiger partial charge in [-0.15, -0.1) is 0 Å². The Morgan fingerprint density at radius 1 is 0.810 bits per heavy atom. The minimum Gasteiger partial charge on any atom is -0.316 e. The molecule has 0 fully saturated rings. The van der Waals surface area contributed by atoms with E-state index in [4.69, 9.17) is 0 Å². The van der Waals surface area contributed by atoms with E-state index in [-0.39, 0.29) is 5.78 Å². The molecule has 0 saturated carbocycles. The second kappa shape index (κ2) is 4.86. The lowest BCUT2D eigenvalue weighted by atomic mass is 10.0. The number of aryl methyl sites for hydroxylation is 1. The molecule has 0 aliphatic heterocycles. The number of rotatable bonds is 2. The van der Waals surface area contributed by atoms with Crippen LogP contribution in [0.5, 0.6) is 0 Å². The molecule has 5 nitrogen and oxygen atoms in total. The summed E-state index contributed by atoms with van der Waals surface area (Å²) in [5, 5.41) is 0. The first kappa shape index (κ1) is 13.1. The fourth-order valence-corrected chi connectivity index (χ4v) is 2.13. The first-order chi connectivity index (χ1) is 10.0. The van der Waals surface area contributed by atoms with Gasteiger partial charge in [-0.3, -0.25) is 14.4 Å². The van der Waals surface area contributed by atoms with Crippen LogP contribution >= 0.6 is 0 Å². The van der Waals surface area contributed by atoms with Crippen LogP contribution < -0.4 is 11.1 Å². The maximum atomic E-state index is 12.4. The SMILES string of the molecule is Cc1ccc(C(=O)c2ccc3[nH]c(=O)c(=O)[nH]c3c2)cc1. The number of benzene rings is 2. The fourth-order valence-electron chi connectivity index (χ4n) is 2.13. The average Bonchev–Trinajstić information content (AvgIpc) is 2.48. The van der Waals surface area contributed by atoms with Crippen LogP contribution in [0.4, 0.5) is 0 Å². The number of fused-ring (bicyclic) bond motifs is 1. The zero-order valence-corrected chi connectivity index (χ0v) is 11.3. The normalized spacial score (nSPS) is 10.7. The molecule has 0 atom stereocenters. The molecule has 5 heteroatoms. The van der Waals surface area contributed by atoms with Crippen molar-refractivity contribution in [2.75, 3.05) is 0 Å². The Kier molecular flexibility index (Phi) is 3.02. The van der Waals surface area contributed by atoms with Crippen molar-refractivity contribution >= 4 is 16.8 Å². The van der Waals surface area contributed by atoms with Gasteiger partial charge in [-0.25, -0.2) is 0 Å². The first-order valence-corrected chi connectivity index (χ1v) is 6.42. The van der Waals surface area contributed by atoms with Gasteiger partial charge in [0.1, 0.15) is 0 Å². The summed E-state index contributed by atoms with van der Waals surface area (Å²) < 4.78 is 0. The molecule has 0 aliphatic rings. The summed E-state index contributed by atoms with van der Waals surface area (Å²) in [6, 6.07) is 12.1. The van der Waals surface area contributed by atoms with E-state index in [0.717, 1.165) is 5.56 Å². The summed E-state index contributed by atoms with van der Waals surface area (Å²) in [7, 11) is 0. The lowest BCUT2D eigenvalue weighted by molar-refractivity contribution is 0.103. The summed E-state index contributed by atoms with van der Waals surface area (Å²) in [6.07, 6.45) is 0. The number of ketones is 1. The van der Waals surface area contributed by atoms with Crippen LogP contribution in [0.1, 0.15) is 21.5 Å². The molecule has 0 amide bonds. The Balaban J connectivity index is 2.10. The van der Waals surface area contributed by atoms with Crippen LogP contribution in [-0.2, 0) is 0 Å². The van der Waals surface area contributed by atoms with E-state index in [9.17, 15) is 14.4 Å². The Morgan fingerprint density at radius 2 is 1.38 bits per heavy atom. The topological polar surface area (TPSA) is 82.8 Å². The van der Waals surface area contributed by atoms with Crippen molar-refractivity contribution in [3.63, 3.8) is 0 Å². The molecule has 1 aromatic heterocycles. The summed E-state index contributed by atoms with van der Waals surface area (Å²) in [4.78, 5) is 39.9. The maximum Gasteiger partial charge on any atom is 0.314 e. The van der Waals surface area contributed by atoms with Gasteiger partial charge in [-0.1, -0.05) is 29.8 Å². The lowest BCUT2D eigenvalue weighted by Gasteiger charge is -2.03. The molecule has 104 valence electrons. The van der Waals surface area contributed by atoms with Crippen LogP contribution in [-0.4, -0.2) is 15.8 Å². The quantitative estimate of drug-likeness (QED) is 0.554. The van der Waals surface area contributed by atoms with Gasteiger partial charge in [0.25, 0.3) is 0 Å². The van der Waals surface area contributed by atoms with Crippen LogP contribution in [0.25, 0.3) is 11.0 Å². The van der Waals surface area contributed by atoms with Gasteiger partial charge >= 0.3 is 11.1 Å². The van der Waals surface area contributed by atoms with E-state index in [1.54, 1.807) is 30.3 Å². The highest BCUT2D eigenvalue weighted by atomic mass is 16.2. The highest BCUT2D eigenvalue weighted by Gasteiger charge is 2.10. The van der Waals surface area contributed by atoms with E-state index < -0.39 is 11.1 Å². The van der Waals surface area contributed by atoms with Gasteiger partial charge in [0.15, 0.2) is 5.78 Å². The number of H-pyrrole nitrogens is 2. The summed E-state index contributed by atoms with van der Waals surface area (Å²) in [5.41, 5.74) is 1.58. The Bertz CT molecular complexity index is 950. The molecule has 3 aromatic rings. The molecular weight excluding hydrogens is 268 g/mol. The third-order valence-corrected chi connectivity index (χ3v) is 3.30. The van der Waals surface area contributed by atoms with E-state index in [0.29, 0.717) is 22.2 Å². The summed E-state index contributed by atoms with van der Waals surface area (Å²) in [6.45, 7) is 1.95. The van der Waals surface area contributed by atoms with Crippen molar-refractivity contribution in [1.29, 1.82) is 0 Å². The molecule has 2 N–H and O–H groups in total. The highest BCUT2D eigenvalue weighted by molar-refractivity contribution is 6.10. The number of carbonyl (C=O) groups excluding carboxylic acids is 1. The molecule has 0 radical (unpaired) electrons. The maximum absolute atomic E-state index is 12.4. The molecule has 0 aliphatic carbocycles. The van der Waals surface area contributed by atoms with Crippen molar-refractivity contribution < 1.29 is 4.79 Å². The first-order valence-electron chi connectivity index (χ1n) is 6.42. The van der Waals surface area contributed by atoms with Gasteiger partial charge in [-0.05, 0) is 25.1 Å². The largest absolute Gasteiger partial charge is 0.316 e. The van der Waals surface area contributed by atoms with Gasteiger partial charge < -0.3 is 9.97 Å². The predicted molar refractivity (Wildman–Crippen MR) is 79.8 cm³/mol. The van der Waals surface area contributed by atoms with Crippen LogP contribution in [0.2, 0.25) is 0 Å². The third-order valence-electron chi connectivity index (χ3n) is 3.30. The van der Waals surface area contributed by atoms with Crippen molar-refractivity contribution in [3.05, 3.63) is 79.9 Å². The second-order valence-electron chi connectivity index (χ2n) is 4.86. The van der Waals surface area contributed by atoms with Crippen molar-refractivity contribution in [2.45, 2.75) is 6.92 Å². The van der Waals surface area contributed by atoms with Crippen molar-refractivity contribution in [3.8, 4) is 0 Å². The Hall–Kier alpha value is -2.95. The van der Waals surface area contributed by atoms with E-state index in [1.807, 2.05) is 19.1 Å². The van der Waals surface area contributed by atoms with Gasteiger partial charge in [0, 0.05) is 11.1 Å². The monoisotopic (exact) mass is 280 g/mol. The standard InChI is InChI=1S/C16H12N2O3/c1-9-2-4-10(5-3-9)14(19)11-6-7-12-13(8-11)18-16(21)15(20)17-12/h2-8H,1H3,(H,17,20)(H,18,21). The lowest BCUT2D eigenvalue weighted by Crippen LogP contribution is -2.28. The molecule has 21 heavy (non-hydrogen) atoms. The Labute approximate surface area is 119 Å². The molecule has 0 bridgehead atoms. The summed E-state index contributed by atoms with van der Waals surface area (Å²) in [5.74, 6) is -0.135. The molecule has 0 unspecified atom stereocenters. The van der Waals surface area contributed by atoms with Gasteiger partial charge in [0.2, 0.25) is 0 Å². The molecular formula is C16H12N2O3. The zero-order valence-electron chi connectivity index (χ0n) is 11.3. The summed E-state index contributed by atoms with van der Waals surface area (Å²) >= 11 is 0. The van der Waals surface area contributed by atoms with E-state index >= 15 is 0 Å². The van der Waals surface area contributed by atoms with Gasteiger partial charge in [-0.2, -0.15) is 0 Å². The smallest absolute Gasteiger partial charge is 0.314 e. The van der Waals surface area contributed by atoms with E-state index in [2.05, 4.69) is 9.97 Å². The number of aromatic nitrogens is 2. The second-order valence-corrected chi connectivity index (χ2v) is 4.86. The number of nitrogens with one attached hydrogen (secondary N) is 2. The predicted octanol–water partition coefficient (Wildman–Crippen LogP) is 1.76. The molecule has 2 aromatic carbocycles. The van der Waals surface area contributed by atoms with Crippen LogP contribution in [0.15, 0.2) is 52.1 Å². The number of hydrogen-bond donors (Lipinski definition) is 2. The van der Waals surface area contributed by atoms with Crippen LogP contribution in [0.3, 0.4) is 0 Å². The molecule has 1 heterocycles. The Morgan fingerprint density at radius 3 is 2.05 bits per heavy atom. The number of aromatic amines is 2. The average molecular weight is 280 g/mol. The third kappa shape index (κ3) is 2.41.